The summed E-state index contributed by atoms with van der Waals surface area (Å²) in [6.07, 6.45) is 0.718. The molecule has 0 aliphatic rings. The van der Waals surface area contributed by atoms with Crippen LogP contribution in [-0.2, 0) is 9.59 Å². The first-order valence-corrected chi connectivity index (χ1v) is 8.45. The van der Waals surface area contributed by atoms with E-state index in [4.69, 9.17) is 10.5 Å². The van der Waals surface area contributed by atoms with Crippen LogP contribution in [0, 0.1) is 5.92 Å². The molecule has 0 heterocycles. The third-order valence-electron chi connectivity index (χ3n) is 3.78. The summed E-state index contributed by atoms with van der Waals surface area (Å²) in [5.41, 5.74) is 6.69. The third kappa shape index (κ3) is 5.85. The van der Waals surface area contributed by atoms with Gasteiger partial charge < -0.3 is 21.1 Å². The first kappa shape index (κ1) is 20.0. The number of hydrogen-bond acceptors (Lipinski definition) is 4. The molecule has 2 amide bonds. The maximum absolute atomic E-state index is 12.1. The van der Waals surface area contributed by atoms with Gasteiger partial charge in [0.05, 0.1) is 25.2 Å². The Hall–Kier alpha value is -2.08. The minimum atomic E-state index is -0.613. The summed E-state index contributed by atoms with van der Waals surface area (Å²) in [4.78, 5) is 24.0. The fourth-order valence-electron chi connectivity index (χ4n) is 2.29. The maximum atomic E-state index is 12.1. The molecule has 0 spiro atoms. The number of nitrogens with two attached hydrogens (primary N) is 1. The Labute approximate surface area is 144 Å². The van der Waals surface area contributed by atoms with E-state index in [0.29, 0.717) is 6.61 Å². The molecule has 0 radical (unpaired) electrons. The molecule has 1 unspecified atom stereocenters. The van der Waals surface area contributed by atoms with E-state index in [-0.39, 0.29) is 30.3 Å². The molecule has 0 saturated carbocycles. The minimum absolute atomic E-state index is 0.0227. The second-order valence-corrected chi connectivity index (χ2v) is 5.99. The molecule has 0 bridgehead atoms. The highest BCUT2D eigenvalue weighted by molar-refractivity contribution is 5.87. The van der Waals surface area contributed by atoms with Gasteiger partial charge in [-0.3, -0.25) is 9.59 Å². The average Bonchev–Trinajstić information content (AvgIpc) is 2.57. The normalized spacial score (nSPS) is 13.2. The zero-order valence-corrected chi connectivity index (χ0v) is 15.0. The zero-order chi connectivity index (χ0) is 18.1. The molecule has 0 aliphatic heterocycles. The van der Waals surface area contributed by atoms with E-state index in [2.05, 4.69) is 10.6 Å². The van der Waals surface area contributed by atoms with E-state index in [0.717, 1.165) is 17.7 Å². The van der Waals surface area contributed by atoms with Crippen LogP contribution >= 0.6 is 0 Å². The van der Waals surface area contributed by atoms with Crippen LogP contribution in [0.15, 0.2) is 24.3 Å². The lowest BCUT2D eigenvalue weighted by Gasteiger charge is -2.21. The topological polar surface area (TPSA) is 93.5 Å². The molecule has 1 aromatic rings. The molecule has 2 atom stereocenters. The minimum Gasteiger partial charge on any atom is -0.494 e. The monoisotopic (exact) mass is 335 g/mol. The van der Waals surface area contributed by atoms with Gasteiger partial charge in [-0.25, -0.2) is 0 Å². The van der Waals surface area contributed by atoms with Crippen LogP contribution in [0.4, 0.5) is 0 Å². The van der Waals surface area contributed by atoms with Gasteiger partial charge in [0.2, 0.25) is 11.8 Å². The number of rotatable bonds is 9. The molecule has 24 heavy (non-hydrogen) atoms. The van der Waals surface area contributed by atoms with E-state index in [1.54, 1.807) is 0 Å². The van der Waals surface area contributed by atoms with Gasteiger partial charge in [-0.05, 0) is 25.3 Å². The molecule has 0 aliphatic carbocycles. The van der Waals surface area contributed by atoms with Crippen molar-refractivity contribution in [1.29, 1.82) is 0 Å². The summed E-state index contributed by atoms with van der Waals surface area (Å²) in [5, 5.41) is 5.51. The van der Waals surface area contributed by atoms with E-state index >= 15 is 0 Å². The Bertz CT molecular complexity index is 546. The van der Waals surface area contributed by atoms with E-state index in [1.165, 1.54) is 0 Å². The van der Waals surface area contributed by atoms with Crippen LogP contribution in [0.1, 0.15) is 45.7 Å². The van der Waals surface area contributed by atoms with Crippen LogP contribution in [-0.4, -0.2) is 31.0 Å². The molecule has 6 nitrogen and oxygen atoms in total. The Morgan fingerprint density at radius 1 is 1.21 bits per heavy atom. The van der Waals surface area contributed by atoms with Crippen molar-refractivity contribution < 1.29 is 14.3 Å². The average molecular weight is 335 g/mol. The molecule has 0 aromatic heterocycles. The zero-order valence-electron chi connectivity index (χ0n) is 15.0. The Kier molecular flexibility index (Phi) is 8.26. The standard InChI is InChI=1S/C18H29N3O3/c1-5-14(13-9-7-8-10-15(13)24-6-2)21-16(22)11-20-18(23)17(19)12(3)4/h7-10,12,14,17H,5-6,11,19H2,1-4H3,(H,20,23)(H,21,22)/t14?,17-/m0/s1. The first-order chi connectivity index (χ1) is 11.4. The maximum Gasteiger partial charge on any atom is 0.239 e. The molecule has 6 heteroatoms. The van der Waals surface area contributed by atoms with Gasteiger partial charge in [0.25, 0.3) is 0 Å². The number of para-hydroxylation sites is 1. The highest BCUT2D eigenvalue weighted by Crippen LogP contribution is 2.27. The number of carbonyl (C=O) groups is 2. The van der Waals surface area contributed by atoms with Crippen molar-refractivity contribution in [1.82, 2.24) is 10.6 Å². The second-order valence-electron chi connectivity index (χ2n) is 5.99. The number of amides is 2. The lowest BCUT2D eigenvalue weighted by Crippen LogP contribution is -2.47. The molecule has 134 valence electrons. The van der Waals surface area contributed by atoms with Gasteiger partial charge in [0.1, 0.15) is 5.75 Å². The summed E-state index contributed by atoms with van der Waals surface area (Å²) in [5.74, 6) is 0.216. The van der Waals surface area contributed by atoms with Gasteiger partial charge in [0.15, 0.2) is 0 Å². The van der Waals surface area contributed by atoms with Crippen molar-refractivity contribution in [3.8, 4) is 5.75 Å². The second kappa shape index (κ2) is 9.93. The Morgan fingerprint density at radius 2 is 1.88 bits per heavy atom. The quantitative estimate of drug-likeness (QED) is 0.641. The summed E-state index contributed by atoms with van der Waals surface area (Å²) < 4.78 is 5.62. The Balaban J connectivity index is 2.65. The molecule has 1 rings (SSSR count). The van der Waals surface area contributed by atoms with Gasteiger partial charge in [-0.1, -0.05) is 39.0 Å². The smallest absolute Gasteiger partial charge is 0.239 e. The van der Waals surface area contributed by atoms with Crippen LogP contribution < -0.4 is 21.1 Å². The largest absolute Gasteiger partial charge is 0.494 e. The van der Waals surface area contributed by atoms with Crippen molar-refractivity contribution in [2.24, 2.45) is 11.7 Å². The lowest BCUT2D eigenvalue weighted by atomic mass is 10.0. The number of hydrogen-bond donors (Lipinski definition) is 3. The van der Waals surface area contributed by atoms with Crippen LogP contribution in [0.3, 0.4) is 0 Å². The molecule has 0 saturated heterocycles. The van der Waals surface area contributed by atoms with E-state index < -0.39 is 6.04 Å². The Morgan fingerprint density at radius 3 is 2.46 bits per heavy atom. The molecular formula is C18H29N3O3. The SMILES string of the molecule is CCOc1ccccc1C(CC)NC(=O)CNC(=O)[C@@H](N)C(C)C. The summed E-state index contributed by atoms with van der Waals surface area (Å²) >= 11 is 0. The van der Waals surface area contributed by atoms with Gasteiger partial charge in [-0.2, -0.15) is 0 Å². The predicted octanol–water partition coefficient (Wildman–Crippen LogP) is 1.75. The van der Waals surface area contributed by atoms with Crippen LogP contribution in [0.2, 0.25) is 0 Å². The van der Waals surface area contributed by atoms with Crippen LogP contribution in [0.25, 0.3) is 0 Å². The third-order valence-corrected chi connectivity index (χ3v) is 3.78. The van der Waals surface area contributed by atoms with Crippen molar-refractivity contribution in [3.63, 3.8) is 0 Å². The van der Waals surface area contributed by atoms with Crippen molar-refractivity contribution >= 4 is 11.8 Å². The first-order valence-electron chi connectivity index (χ1n) is 8.45. The van der Waals surface area contributed by atoms with Crippen molar-refractivity contribution in [3.05, 3.63) is 29.8 Å². The summed E-state index contributed by atoms with van der Waals surface area (Å²) in [6.45, 7) is 8.10. The van der Waals surface area contributed by atoms with Crippen molar-refractivity contribution in [2.75, 3.05) is 13.2 Å². The molecule has 0 fully saturated rings. The number of ether oxygens (including phenoxy) is 1. The molecule has 4 N–H and O–H groups in total. The highest BCUT2D eigenvalue weighted by Gasteiger charge is 2.20. The number of benzene rings is 1. The highest BCUT2D eigenvalue weighted by atomic mass is 16.5. The lowest BCUT2D eigenvalue weighted by molar-refractivity contribution is -0.127. The fraction of sp³-hybridized carbons (Fsp3) is 0.556. The number of carbonyl (C=O) groups excluding carboxylic acids is 2. The summed E-state index contributed by atoms with van der Waals surface area (Å²) in [6, 6.07) is 6.85. The summed E-state index contributed by atoms with van der Waals surface area (Å²) in [7, 11) is 0. The number of nitrogens with one attached hydrogen (secondary N) is 2. The van der Waals surface area contributed by atoms with E-state index in [9.17, 15) is 9.59 Å². The van der Waals surface area contributed by atoms with Crippen molar-refractivity contribution in [2.45, 2.75) is 46.2 Å². The molecular weight excluding hydrogens is 306 g/mol. The van der Waals surface area contributed by atoms with Gasteiger partial charge in [0, 0.05) is 5.56 Å². The van der Waals surface area contributed by atoms with Crippen LogP contribution in [0.5, 0.6) is 5.75 Å². The van der Waals surface area contributed by atoms with E-state index in [1.807, 2.05) is 52.0 Å². The fourth-order valence-corrected chi connectivity index (χ4v) is 2.29. The molecule has 1 aromatic carbocycles. The van der Waals surface area contributed by atoms with Gasteiger partial charge in [-0.15, -0.1) is 0 Å². The predicted molar refractivity (Wildman–Crippen MR) is 94.6 cm³/mol. The van der Waals surface area contributed by atoms with Gasteiger partial charge >= 0.3 is 0 Å².